The van der Waals surface area contributed by atoms with Gasteiger partial charge < -0.3 is 10.1 Å². The summed E-state index contributed by atoms with van der Waals surface area (Å²) >= 11 is 3.37. The van der Waals surface area contributed by atoms with Gasteiger partial charge in [0, 0.05) is 10.6 Å². The number of carbonyl (C=O) groups excluding carboxylic acids is 1. The number of rotatable bonds is 7. The Morgan fingerprint density at radius 3 is 2.70 bits per heavy atom. The van der Waals surface area contributed by atoms with Crippen molar-refractivity contribution in [1.82, 2.24) is 0 Å². The molecule has 0 spiro atoms. The zero-order valence-corrected chi connectivity index (χ0v) is 16.3. The lowest BCUT2D eigenvalue weighted by Crippen LogP contribution is -2.30. The van der Waals surface area contributed by atoms with E-state index in [-0.39, 0.29) is 5.91 Å². The summed E-state index contributed by atoms with van der Waals surface area (Å²) in [6.07, 6.45) is -0.659. The topological polar surface area (TPSA) is 62.1 Å². The van der Waals surface area contributed by atoms with E-state index in [1.165, 1.54) is 5.56 Å². The van der Waals surface area contributed by atoms with Gasteiger partial charge in [-0.3, -0.25) is 4.79 Å². The number of hydrogen-bond acceptors (Lipinski definition) is 5. The number of hydrogen-bond donors (Lipinski definition) is 1. The fourth-order valence-corrected chi connectivity index (χ4v) is 4.06. The molecule has 6 heteroatoms. The number of nitrogens with zero attached hydrogens (tertiary/aromatic N) is 1. The molecule has 27 heavy (non-hydrogen) atoms. The molecule has 0 saturated heterocycles. The fourth-order valence-electron chi connectivity index (χ4n) is 2.33. The predicted molar refractivity (Wildman–Crippen MR) is 110 cm³/mol. The van der Waals surface area contributed by atoms with Crippen molar-refractivity contribution in [2.45, 2.75) is 23.7 Å². The van der Waals surface area contributed by atoms with Crippen molar-refractivity contribution in [3.05, 3.63) is 76.5 Å². The van der Waals surface area contributed by atoms with Gasteiger partial charge >= 0.3 is 0 Å². The molecule has 0 aliphatic rings. The van der Waals surface area contributed by atoms with Gasteiger partial charge in [-0.2, -0.15) is 16.6 Å². The van der Waals surface area contributed by atoms with E-state index in [2.05, 4.69) is 28.2 Å². The van der Waals surface area contributed by atoms with Crippen molar-refractivity contribution in [2.75, 3.05) is 5.32 Å². The van der Waals surface area contributed by atoms with Crippen LogP contribution in [0.25, 0.3) is 0 Å². The second kappa shape index (κ2) is 9.26. The number of amides is 1. The van der Waals surface area contributed by atoms with Crippen LogP contribution in [0.4, 0.5) is 5.69 Å². The van der Waals surface area contributed by atoms with E-state index < -0.39 is 6.10 Å². The Morgan fingerprint density at radius 1 is 1.22 bits per heavy atom. The van der Waals surface area contributed by atoms with Crippen LogP contribution in [0.1, 0.15) is 18.1 Å². The van der Waals surface area contributed by atoms with E-state index >= 15 is 0 Å². The van der Waals surface area contributed by atoms with E-state index in [0.29, 0.717) is 11.3 Å². The molecule has 1 heterocycles. The molecule has 4 nitrogen and oxygen atoms in total. The van der Waals surface area contributed by atoms with Gasteiger partial charge in [0.1, 0.15) is 5.75 Å². The molecule has 0 aliphatic carbocycles. The van der Waals surface area contributed by atoms with Crippen molar-refractivity contribution in [2.24, 2.45) is 0 Å². The van der Waals surface area contributed by atoms with Crippen LogP contribution in [-0.4, -0.2) is 12.0 Å². The molecule has 3 rings (SSSR count). The van der Waals surface area contributed by atoms with Gasteiger partial charge in [0.15, 0.2) is 6.10 Å². The van der Waals surface area contributed by atoms with Crippen LogP contribution in [0, 0.1) is 11.3 Å². The van der Waals surface area contributed by atoms with Crippen LogP contribution in [-0.2, 0) is 10.5 Å². The number of nitrogens with one attached hydrogen (secondary N) is 1. The monoisotopic (exact) mass is 394 g/mol. The van der Waals surface area contributed by atoms with Gasteiger partial charge in [-0.1, -0.05) is 12.1 Å². The highest BCUT2D eigenvalue weighted by molar-refractivity contribution is 7.98. The molecule has 0 bridgehead atoms. The molecule has 1 aromatic heterocycles. The van der Waals surface area contributed by atoms with E-state index in [0.717, 1.165) is 16.3 Å². The number of anilines is 1. The van der Waals surface area contributed by atoms with Gasteiger partial charge in [-0.25, -0.2) is 0 Å². The molecule has 1 unspecified atom stereocenters. The minimum Gasteiger partial charge on any atom is -0.481 e. The highest BCUT2D eigenvalue weighted by Crippen LogP contribution is 2.30. The Hall–Kier alpha value is -2.75. The quantitative estimate of drug-likeness (QED) is 0.551. The van der Waals surface area contributed by atoms with Crippen LogP contribution in [0.3, 0.4) is 0 Å². The first-order valence-electron chi connectivity index (χ1n) is 8.36. The minimum atomic E-state index is -0.659. The van der Waals surface area contributed by atoms with E-state index in [1.54, 1.807) is 54.3 Å². The number of nitriles is 1. The first-order valence-corrected chi connectivity index (χ1v) is 10.3. The highest BCUT2D eigenvalue weighted by atomic mass is 32.2. The largest absolute Gasteiger partial charge is 0.481 e. The summed E-state index contributed by atoms with van der Waals surface area (Å²) in [5.74, 6) is 1.19. The van der Waals surface area contributed by atoms with Gasteiger partial charge in [-0.05, 0) is 65.7 Å². The number of para-hydroxylation sites is 1. The Labute approximate surface area is 166 Å². The number of carbonyl (C=O) groups is 1. The Bertz CT molecular complexity index is 932. The SMILES string of the molecule is CC(Oc1ccc(C#N)cc1)C(=O)Nc1ccccc1SCc1ccsc1. The first-order chi connectivity index (χ1) is 13.2. The predicted octanol–water partition coefficient (Wildman–Crippen LogP) is 5.32. The molecule has 0 fully saturated rings. The van der Waals surface area contributed by atoms with E-state index in [4.69, 9.17) is 10.00 Å². The zero-order valence-electron chi connectivity index (χ0n) is 14.7. The Balaban J connectivity index is 1.61. The summed E-state index contributed by atoms with van der Waals surface area (Å²) in [6, 6.07) is 18.6. The van der Waals surface area contributed by atoms with Crippen LogP contribution in [0.5, 0.6) is 5.75 Å². The molecular weight excluding hydrogens is 376 g/mol. The maximum atomic E-state index is 12.5. The molecule has 0 aliphatic heterocycles. The van der Waals surface area contributed by atoms with Crippen LogP contribution in [0.2, 0.25) is 0 Å². The summed E-state index contributed by atoms with van der Waals surface area (Å²) in [5, 5.41) is 16.0. The smallest absolute Gasteiger partial charge is 0.265 e. The highest BCUT2D eigenvalue weighted by Gasteiger charge is 2.16. The maximum absolute atomic E-state index is 12.5. The van der Waals surface area contributed by atoms with Crippen molar-refractivity contribution in [3.8, 4) is 11.8 Å². The van der Waals surface area contributed by atoms with Crippen LogP contribution < -0.4 is 10.1 Å². The Kier molecular flexibility index (Phi) is 6.53. The summed E-state index contributed by atoms with van der Waals surface area (Å²) in [7, 11) is 0. The van der Waals surface area contributed by atoms with Gasteiger partial charge in [0.05, 0.1) is 17.3 Å². The van der Waals surface area contributed by atoms with E-state index in [9.17, 15) is 4.79 Å². The van der Waals surface area contributed by atoms with Crippen LogP contribution >= 0.6 is 23.1 Å². The van der Waals surface area contributed by atoms with Crippen molar-refractivity contribution < 1.29 is 9.53 Å². The van der Waals surface area contributed by atoms with Crippen molar-refractivity contribution in [1.29, 1.82) is 5.26 Å². The maximum Gasteiger partial charge on any atom is 0.265 e. The minimum absolute atomic E-state index is 0.219. The molecule has 1 amide bonds. The van der Waals surface area contributed by atoms with Gasteiger partial charge in [0.25, 0.3) is 5.91 Å². The summed E-state index contributed by atoms with van der Waals surface area (Å²) in [5.41, 5.74) is 2.60. The molecule has 0 radical (unpaired) electrons. The number of thiophene rings is 1. The summed E-state index contributed by atoms with van der Waals surface area (Å²) in [4.78, 5) is 13.5. The molecule has 136 valence electrons. The lowest BCUT2D eigenvalue weighted by atomic mass is 10.2. The fraction of sp³-hybridized carbons (Fsp3) is 0.143. The molecule has 2 aromatic carbocycles. The summed E-state index contributed by atoms with van der Waals surface area (Å²) < 4.78 is 5.68. The standard InChI is InChI=1S/C21H18N2O2S2/c1-15(25-18-8-6-16(12-22)7-9-18)21(24)23-19-4-2-3-5-20(19)27-14-17-10-11-26-13-17/h2-11,13,15H,14H2,1H3,(H,23,24). The third kappa shape index (κ3) is 5.36. The zero-order chi connectivity index (χ0) is 19.1. The molecule has 3 aromatic rings. The second-order valence-electron chi connectivity index (χ2n) is 5.80. The van der Waals surface area contributed by atoms with Gasteiger partial charge in [-0.15, -0.1) is 11.8 Å². The average molecular weight is 395 g/mol. The number of benzene rings is 2. The second-order valence-corrected chi connectivity index (χ2v) is 7.60. The first kappa shape index (κ1) is 19.0. The molecular formula is C21H18N2O2S2. The van der Waals surface area contributed by atoms with Gasteiger partial charge in [0.2, 0.25) is 0 Å². The van der Waals surface area contributed by atoms with E-state index in [1.807, 2.05) is 24.3 Å². The normalized spacial score (nSPS) is 11.4. The number of thioether (sulfide) groups is 1. The average Bonchev–Trinajstić information content (AvgIpc) is 3.21. The number of ether oxygens (including phenoxy) is 1. The molecule has 1 N–H and O–H groups in total. The summed E-state index contributed by atoms with van der Waals surface area (Å²) in [6.45, 7) is 1.70. The van der Waals surface area contributed by atoms with Crippen molar-refractivity contribution >= 4 is 34.7 Å². The van der Waals surface area contributed by atoms with Crippen molar-refractivity contribution in [3.63, 3.8) is 0 Å². The third-order valence-corrected chi connectivity index (χ3v) is 5.66. The van der Waals surface area contributed by atoms with Crippen LogP contribution in [0.15, 0.2) is 70.3 Å². The molecule has 0 saturated carbocycles. The molecule has 1 atom stereocenters. The Morgan fingerprint density at radius 2 is 2.00 bits per heavy atom. The third-order valence-electron chi connectivity index (χ3n) is 3.78. The lowest BCUT2D eigenvalue weighted by Gasteiger charge is -2.16. The lowest BCUT2D eigenvalue weighted by molar-refractivity contribution is -0.122.